The number of ether oxygens (including phenoxy) is 1. The maximum Gasteiger partial charge on any atom is 0.257 e. The van der Waals surface area contributed by atoms with Gasteiger partial charge in [-0.1, -0.05) is 6.07 Å². The minimum absolute atomic E-state index is 0.331. The Balaban J connectivity index is 1.64. The Morgan fingerprint density at radius 3 is 2.67 bits per heavy atom. The maximum atomic E-state index is 13.0. The summed E-state index contributed by atoms with van der Waals surface area (Å²) >= 11 is 0. The second-order valence-electron chi connectivity index (χ2n) is 9.23. The molecule has 10 heteroatoms. The van der Waals surface area contributed by atoms with Gasteiger partial charge in [0.2, 0.25) is 0 Å². The highest BCUT2D eigenvalue weighted by Gasteiger charge is 2.27. The van der Waals surface area contributed by atoms with Gasteiger partial charge in [-0.15, -0.1) is 0 Å². The summed E-state index contributed by atoms with van der Waals surface area (Å²) in [5, 5.41) is 24.8. The van der Waals surface area contributed by atoms with Crippen LogP contribution in [0.2, 0.25) is 0 Å². The number of aromatic nitrogens is 5. The summed E-state index contributed by atoms with van der Waals surface area (Å²) < 4.78 is 7.36. The Morgan fingerprint density at radius 2 is 1.94 bits per heavy atom. The quantitative estimate of drug-likeness (QED) is 0.459. The van der Waals surface area contributed by atoms with Crippen LogP contribution in [0.3, 0.4) is 0 Å². The Morgan fingerprint density at radius 1 is 1.14 bits per heavy atom. The average Bonchev–Trinajstić information content (AvgIpc) is 3.38. The van der Waals surface area contributed by atoms with E-state index in [1.807, 2.05) is 49.6 Å². The summed E-state index contributed by atoms with van der Waals surface area (Å²) in [6.07, 6.45) is 4.60. The lowest BCUT2D eigenvalue weighted by atomic mass is 9.83. The Hall–Kier alpha value is -4.36. The van der Waals surface area contributed by atoms with Gasteiger partial charge in [0.05, 0.1) is 54.5 Å². The number of anilines is 2. The molecule has 10 nitrogen and oxygen atoms in total. The van der Waals surface area contributed by atoms with Crippen molar-refractivity contribution in [2.75, 3.05) is 36.5 Å². The first-order chi connectivity index (χ1) is 17.4. The summed E-state index contributed by atoms with van der Waals surface area (Å²) in [5.41, 5.74) is 4.10. The SMILES string of the molecule is Cc1cc(C(C)(C)C#N)c(NC(=O)c2ccnnc2)cc1-c1cc(N2CCOCC2)n2nccc2n1. The molecule has 4 heterocycles. The van der Waals surface area contributed by atoms with Gasteiger partial charge >= 0.3 is 0 Å². The zero-order valence-electron chi connectivity index (χ0n) is 20.4. The number of carbonyl (C=O) groups is 1. The number of benzene rings is 1. The number of hydrogen-bond acceptors (Lipinski definition) is 8. The summed E-state index contributed by atoms with van der Waals surface area (Å²) in [5.74, 6) is 0.598. The fourth-order valence-electron chi connectivity index (χ4n) is 4.34. The summed E-state index contributed by atoms with van der Waals surface area (Å²) in [4.78, 5) is 20.1. The van der Waals surface area contributed by atoms with Crippen LogP contribution in [0, 0.1) is 18.3 Å². The first-order valence-corrected chi connectivity index (χ1v) is 11.7. The van der Waals surface area contributed by atoms with Gasteiger partial charge in [0.1, 0.15) is 5.82 Å². The molecule has 1 saturated heterocycles. The highest BCUT2D eigenvalue weighted by Crippen LogP contribution is 2.36. The minimum atomic E-state index is -0.829. The molecule has 182 valence electrons. The van der Waals surface area contributed by atoms with E-state index < -0.39 is 5.41 Å². The van der Waals surface area contributed by atoms with Gasteiger partial charge in [0.15, 0.2) is 5.65 Å². The Labute approximate surface area is 208 Å². The lowest BCUT2D eigenvalue weighted by Gasteiger charge is -2.29. The van der Waals surface area contributed by atoms with Gasteiger partial charge in [-0.2, -0.15) is 25.1 Å². The highest BCUT2D eigenvalue weighted by molar-refractivity contribution is 6.05. The molecule has 36 heavy (non-hydrogen) atoms. The molecule has 3 aromatic heterocycles. The first kappa shape index (κ1) is 23.4. The van der Waals surface area contributed by atoms with Gasteiger partial charge in [0, 0.05) is 36.5 Å². The van der Waals surface area contributed by atoms with E-state index in [1.54, 1.807) is 12.3 Å². The van der Waals surface area contributed by atoms with Crippen LogP contribution in [0.4, 0.5) is 11.5 Å². The van der Waals surface area contributed by atoms with E-state index >= 15 is 0 Å². The van der Waals surface area contributed by atoms with E-state index in [-0.39, 0.29) is 5.91 Å². The predicted octanol–water partition coefficient (Wildman–Crippen LogP) is 3.38. The molecular formula is C26H26N8O2. The van der Waals surface area contributed by atoms with Gasteiger partial charge in [-0.3, -0.25) is 4.79 Å². The lowest BCUT2D eigenvalue weighted by molar-refractivity contribution is 0.102. The molecule has 1 aromatic carbocycles. The third-order valence-electron chi connectivity index (χ3n) is 6.36. The second-order valence-corrected chi connectivity index (χ2v) is 9.23. The van der Waals surface area contributed by atoms with Crippen LogP contribution in [0.5, 0.6) is 0 Å². The fraction of sp³-hybridized carbons (Fsp3) is 0.308. The molecule has 1 fully saturated rings. The highest BCUT2D eigenvalue weighted by atomic mass is 16.5. The van der Waals surface area contributed by atoms with Gasteiger partial charge in [0.25, 0.3) is 5.91 Å². The predicted molar refractivity (Wildman–Crippen MR) is 135 cm³/mol. The van der Waals surface area contributed by atoms with Crippen molar-refractivity contribution >= 4 is 23.1 Å². The molecule has 0 saturated carbocycles. The number of hydrogen-bond donors (Lipinski definition) is 1. The molecule has 0 spiro atoms. The van der Waals surface area contributed by atoms with Crippen LogP contribution in [-0.2, 0) is 10.2 Å². The molecule has 1 N–H and O–H groups in total. The molecule has 0 unspecified atom stereocenters. The number of carbonyl (C=O) groups excluding carboxylic acids is 1. The number of fused-ring (bicyclic) bond motifs is 1. The minimum Gasteiger partial charge on any atom is -0.378 e. The largest absolute Gasteiger partial charge is 0.378 e. The summed E-state index contributed by atoms with van der Waals surface area (Å²) in [6, 6.07) is 11.7. The van der Waals surface area contributed by atoms with Crippen molar-refractivity contribution in [3.05, 3.63) is 65.6 Å². The molecule has 0 atom stereocenters. The Bertz CT molecular complexity index is 1470. The standard InChI is InChI=1S/C26H26N8O2/c1-17-12-20(26(2,3)16-27)22(32-25(35)18-4-6-28-29-15-18)13-19(17)21-14-24(33-8-10-36-11-9-33)34-23(31-21)5-7-30-34/h4-7,12-15H,8-11H2,1-3H3,(H,32,35). The molecule has 0 aliphatic carbocycles. The number of nitrogens with one attached hydrogen (secondary N) is 1. The average molecular weight is 483 g/mol. The van der Waals surface area contributed by atoms with Crippen molar-refractivity contribution in [2.45, 2.75) is 26.2 Å². The third-order valence-corrected chi connectivity index (χ3v) is 6.36. The molecule has 1 amide bonds. The van der Waals surface area contributed by atoms with Crippen LogP contribution in [0.25, 0.3) is 16.9 Å². The zero-order chi connectivity index (χ0) is 25.3. The van der Waals surface area contributed by atoms with E-state index in [9.17, 15) is 10.1 Å². The third kappa shape index (κ3) is 4.36. The van der Waals surface area contributed by atoms with E-state index in [0.29, 0.717) is 24.5 Å². The zero-order valence-corrected chi connectivity index (χ0v) is 20.4. The van der Waals surface area contributed by atoms with Gasteiger partial charge < -0.3 is 15.0 Å². The molecule has 5 rings (SSSR count). The molecule has 4 aromatic rings. The van der Waals surface area contributed by atoms with E-state index in [0.717, 1.165) is 46.9 Å². The molecule has 1 aliphatic heterocycles. The van der Waals surface area contributed by atoms with Crippen molar-refractivity contribution in [1.29, 1.82) is 5.26 Å². The monoisotopic (exact) mass is 482 g/mol. The van der Waals surface area contributed by atoms with Crippen molar-refractivity contribution in [2.24, 2.45) is 0 Å². The number of nitrogens with zero attached hydrogens (tertiary/aromatic N) is 7. The van der Waals surface area contributed by atoms with Crippen LogP contribution in [0.15, 0.2) is 48.9 Å². The van der Waals surface area contributed by atoms with Crippen molar-refractivity contribution < 1.29 is 9.53 Å². The smallest absolute Gasteiger partial charge is 0.257 e. The van der Waals surface area contributed by atoms with Crippen molar-refractivity contribution in [3.8, 4) is 17.3 Å². The normalized spacial score (nSPS) is 14.0. The van der Waals surface area contributed by atoms with Crippen LogP contribution >= 0.6 is 0 Å². The molecular weight excluding hydrogens is 456 g/mol. The Kier molecular flexibility index (Phi) is 6.08. The summed E-state index contributed by atoms with van der Waals surface area (Å²) in [7, 11) is 0. The van der Waals surface area contributed by atoms with E-state index in [1.165, 1.54) is 12.4 Å². The molecule has 0 radical (unpaired) electrons. The van der Waals surface area contributed by atoms with E-state index in [4.69, 9.17) is 9.72 Å². The van der Waals surface area contributed by atoms with Gasteiger partial charge in [-0.25, -0.2) is 4.98 Å². The number of rotatable bonds is 5. The van der Waals surface area contributed by atoms with Crippen LogP contribution in [-0.4, -0.2) is 57.0 Å². The number of aryl methyl sites for hydroxylation is 1. The van der Waals surface area contributed by atoms with Crippen molar-refractivity contribution in [1.82, 2.24) is 24.8 Å². The topological polar surface area (TPSA) is 121 Å². The van der Waals surface area contributed by atoms with Crippen LogP contribution in [0.1, 0.15) is 35.3 Å². The van der Waals surface area contributed by atoms with E-state index in [2.05, 4.69) is 31.6 Å². The van der Waals surface area contributed by atoms with Crippen molar-refractivity contribution in [3.63, 3.8) is 0 Å². The summed E-state index contributed by atoms with van der Waals surface area (Å²) in [6.45, 7) is 8.47. The lowest BCUT2D eigenvalue weighted by Crippen LogP contribution is -2.37. The first-order valence-electron chi connectivity index (χ1n) is 11.7. The molecule has 0 bridgehead atoms. The number of amides is 1. The molecule has 1 aliphatic rings. The number of morpholine rings is 1. The van der Waals surface area contributed by atoms with Gasteiger partial charge in [-0.05, 0) is 44.0 Å². The maximum absolute atomic E-state index is 13.0. The van der Waals surface area contributed by atoms with Crippen LogP contribution < -0.4 is 10.2 Å². The fourth-order valence-corrected chi connectivity index (χ4v) is 4.34. The second kappa shape index (κ2) is 9.36. The number of nitriles is 1.